The van der Waals surface area contributed by atoms with Crippen LogP contribution in [0.2, 0.25) is 0 Å². The van der Waals surface area contributed by atoms with Crippen molar-refractivity contribution < 1.29 is 4.74 Å². The Balaban J connectivity index is 2.58. The third-order valence-electron chi connectivity index (χ3n) is 1.32. The summed E-state index contributed by atoms with van der Waals surface area (Å²) in [5.74, 6) is 1.41. The number of methoxy groups -OCH3 is 1. The topological polar surface area (TPSA) is 22.1 Å². The first kappa shape index (κ1) is 8.53. The smallest absolute Gasteiger partial charge is 0.224 e. The number of nitrogens with zero attached hydrogens (tertiary/aromatic N) is 1. The molecule has 11 heavy (non-hydrogen) atoms. The summed E-state index contributed by atoms with van der Waals surface area (Å²) < 4.78 is 4.98. The second kappa shape index (κ2) is 3.72. The van der Waals surface area contributed by atoms with Crippen LogP contribution in [-0.2, 0) is 6.42 Å². The molecule has 0 aromatic carbocycles. The molecule has 0 atom stereocenters. The SMILES string of the molecule is COc1csc(CC(C)C)n1. The molecule has 0 spiro atoms. The molecule has 0 saturated heterocycles. The molecule has 0 aliphatic rings. The maximum Gasteiger partial charge on any atom is 0.224 e. The second-order valence-electron chi connectivity index (χ2n) is 2.88. The van der Waals surface area contributed by atoms with Crippen LogP contribution in [0, 0.1) is 5.92 Å². The van der Waals surface area contributed by atoms with E-state index >= 15 is 0 Å². The number of aromatic nitrogens is 1. The first-order valence-corrected chi connectivity index (χ1v) is 4.58. The first-order valence-electron chi connectivity index (χ1n) is 3.70. The Hall–Kier alpha value is -0.570. The fourth-order valence-corrected chi connectivity index (χ4v) is 1.79. The molecule has 1 rings (SSSR count). The summed E-state index contributed by atoms with van der Waals surface area (Å²) in [6.45, 7) is 4.38. The summed E-state index contributed by atoms with van der Waals surface area (Å²) in [7, 11) is 1.65. The maximum atomic E-state index is 4.98. The summed E-state index contributed by atoms with van der Waals surface area (Å²) >= 11 is 1.67. The lowest BCUT2D eigenvalue weighted by Crippen LogP contribution is -1.93. The highest BCUT2D eigenvalue weighted by Gasteiger charge is 2.03. The van der Waals surface area contributed by atoms with E-state index in [1.165, 1.54) is 0 Å². The largest absolute Gasteiger partial charge is 0.480 e. The summed E-state index contributed by atoms with van der Waals surface area (Å²) in [6.07, 6.45) is 1.05. The minimum absolute atomic E-state index is 0.672. The number of rotatable bonds is 3. The Morgan fingerprint density at radius 2 is 2.36 bits per heavy atom. The van der Waals surface area contributed by atoms with E-state index in [4.69, 9.17) is 4.74 Å². The molecule has 0 aliphatic heterocycles. The van der Waals surface area contributed by atoms with Gasteiger partial charge in [0, 0.05) is 6.42 Å². The first-order chi connectivity index (χ1) is 5.22. The van der Waals surface area contributed by atoms with Crippen molar-refractivity contribution in [1.82, 2.24) is 4.98 Å². The highest BCUT2D eigenvalue weighted by molar-refractivity contribution is 7.09. The van der Waals surface area contributed by atoms with Gasteiger partial charge in [-0.15, -0.1) is 11.3 Å². The molecule has 62 valence electrons. The molecule has 0 aliphatic carbocycles. The average Bonchev–Trinajstić information content (AvgIpc) is 2.34. The van der Waals surface area contributed by atoms with Crippen LogP contribution < -0.4 is 4.74 Å². The zero-order chi connectivity index (χ0) is 8.27. The van der Waals surface area contributed by atoms with Gasteiger partial charge in [-0.1, -0.05) is 13.8 Å². The van der Waals surface area contributed by atoms with Gasteiger partial charge in [0.1, 0.15) is 0 Å². The van der Waals surface area contributed by atoms with Crippen molar-refractivity contribution in [1.29, 1.82) is 0 Å². The Kier molecular flexibility index (Phi) is 2.88. The molecule has 0 bridgehead atoms. The minimum atomic E-state index is 0.672. The summed E-state index contributed by atoms with van der Waals surface area (Å²) in [4.78, 5) is 4.27. The molecule has 2 nitrogen and oxygen atoms in total. The van der Waals surface area contributed by atoms with E-state index in [1.54, 1.807) is 18.4 Å². The van der Waals surface area contributed by atoms with Gasteiger partial charge in [-0.25, -0.2) is 4.98 Å². The minimum Gasteiger partial charge on any atom is -0.480 e. The molecule has 1 aromatic heterocycles. The van der Waals surface area contributed by atoms with Gasteiger partial charge in [-0.05, 0) is 5.92 Å². The van der Waals surface area contributed by atoms with Crippen molar-refractivity contribution in [3.8, 4) is 5.88 Å². The van der Waals surface area contributed by atoms with Crippen LogP contribution in [0.3, 0.4) is 0 Å². The third-order valence-corrected chi connectivity index (χ3v) is 2.17. The molecule has 0 unspecified atom stereocenters. The van der Waals surface area contributed by atoms with Gasteiger partial charge in [0.15, 0.2) is 0 Å². The van der Waals surface area contributed by atoms with Gasteiger partial charge in [-0.3, -0.25) is 0 Å². The number of hydrogen-bond acceptors (Lipinski definition) is 3. The Morgan fingerprint density at radius 3 is 2.82 bits per heavy atom. The second-order valence-corrected chi connectivity index (χ2v) is 3.82. The predicted octanol–water partition coefficient (Wildman–Crippen LogP) is 2.35. The lowest BCUT2D eigenvalue weighted by molar-refractivity contribution is 0.399. The fraction of sp³-hybridized carbons (Fsp3) is 0.625. The monoisotopic (exact) mass is 171 g/mol. The highest BCUT2D eigenvalue weighted by Crippen LogP contribution is 2.18. The van der Waals surface area contributed by atoms with Gasteiger partial charge >= 0.3 is 0 Å². The van der Waals surface area contributed by atoms with E-state index in [1.807, 2.05) is 5.38 Å². The molecule has 0 saturated carbocycles. The Labute approximate surface area is 71.2 Å². The van der Waals surface area contributed by atoms with E-state index in [-0.39, 0.29) is 0 Å². The van der Waals surface area contributed by atoms with Crippen LogP contribution in [0.5, 0.6) is 5.88 Å². The quantitative estimate of drug-likeness (QED) is 0.696. The van der Waals surface area contributed by atoms with Crippen LogP contribution in [0.15, 0.2) is 5.38 Å². The van der Waals surface area contributed by atoms with Gasteiger partial charge in [0.05, 0.1) is 17.5 Å². The zero-order valence-corrected chi connectivity index (χ0v) is 7.94. The van der Waals surface area contributed by atoms with E-state index in [0.29, 0.717) is 5.92 Å². The van der Waals surface area contributed by atoms with Gasteiger partial charge in [0.2, 0.25) is 5.88 Å². The maximum absolute atomic E-state index is 4.98. The van der Waals surface area contributed by atoms with Gasteiger partial charge in [-0.2, -0.15) is 0 Å². The van der Waals surface area contributed by atoms with Crippen LogP contribution in [0.1, 0.15) is 18.9 Å². The molecule has 0 radical (unpaired) electrons. The van der Waals surface area contributed by atoms with E-state index in [0.717, 1.165) is 17.3 Å². The van der Waals surface area contributed by atoms with Crippen molar-refractivity contribution in [2.75, 3.05) is 7.11 Å². The van der Waals surface area contributed by atoms with Gasteiger partial charge in [0.25, 0.3) is 0 Å². The summed E-state index contributed by atoms with van der Waals surface area (Å²) in [5, 5.41) is 3.11. The molecule has 0 amide bonds. The zero-order valence-electron chi connectivity index (χ0n) is 7.13. The third kappa shape index (κ3) is 2.50. The molecule has 1 heterocycles. The van der Waals surface area contributed by atoms with Crippen molar-refractivity contribution in [3.63, 3.8) is 0 Å². The number of thiazole rings is 1. The fourth-order valence-electron chi connectivity index (χ4n) is 0.831. The highest BCUT2D eigenvalue weighted by atomic mass is 32.1. The van der Waals surface area contributed by atoms with E-state index in [2.05, 4.69) is 18.8 Å². The van der Waals surface area contributed by atoms with Crippen LogP contribution in [0.25, 0.3) is 0 Å². The molecular formula is C8H13NOS. The average molecular weight is 171 g/mol. The standard InChI is InChI=1S/C8H13NOS/c1-6(2)4-8-9-7(10-3)5-11-8/h5-6H,4H2,1-3H3. The Morgan fingerprint density at radius 1 is 1.64 bits per heavy atom. The molecule has 0 fully saturated rings. The van der Waals surface area contributed by atoms with Crippen LogP contribution in [-0.4, -0.2) is 12.1 Å². The Bertz CT molecular complexity index is 220. The van der Waals surface area contributed by atoms with Crippen molar-refractivity contribution in [3.05, 3.63) is 10.4 Å². The van der Waals surface area contributed by atoms with Crippen LogP contribution >= 0.6 is 11.3 Å². The summed E-state index contributed by atoms with van der Waals surface area (Å²) in [5.41, 5.74) is 0. The summed E-state index contributed by atoms with van der Waals surface area (Å²) in [6, 6.07) is 0. The van der Waals surface area contributed by atoms with E-state index < -0.39 is 0 Å². The normalized spacial score (nSPS) is 10.5. The molecular weight excluding hydrogens is 158 g/mol. The van der Waals surface area contributed by atoms with Crippen LogP contribution in [0.4, 0.5) is 0 Å². The molecule has 0 N–H and O–H groups in total. The van der Waals surface area contributed by atoms with E-state index in [9.17, 15) is 0 Å². The van der Waals surface area contributed by atoms with Crippen molar-refractivity contribution in [2.24, 2.45) is 5.92 Å². The number of hydrogen-bond donors (Lipinski definition) is 0. The van der Waals surface area contributed by atoms with Gasteiger partial charge < -0.3 is 4.74 Å². The lowest BCUT2D eigenvalue weighted by atomic mass is 10.1. The number of ether oxygens (including phenoxy) is 1. The molecule has 1 aromatic rings. The lowest BCUT2D eigenvalue weighted by Gasteiger charge is -1.98. The van der Waals surface area contributed by atoms with Crippen molar-refractivity contribution >= 4 is 11.3 Å². The van der Waals surface area contributed by atoms with Crippen molar-refractivity contribution in [2.45, 2.75) is 20.3 Å². The predicted molar refractivity (Wildman–Crippen MR) is 47.2 cm³/mol. The molecule has 3 heteroatoms.